The van der Waals surface area contributed by atoms with Crippen LogP contribution in [-0.2, 0) is 10.5 Å². The molecule has 0 N–H and O–H groups in total. The minimum absolute atomic E-state index is 0.176. The van der Waals surface area contributed by atoms with Gasteiger partial charge in [0.05, 0.1) is 24.8 Å². The minimum atomic E-state index is -0.501. The highest BCUT2D eigenvalue weighted by atomic mass is 32.2. The summed E-state index contributed by atoms with van der Waals surface area (Å²) in [5.41, 5.74) is 2.05. The summed E-state index contributed by atoms with van der Waals surface area (Å²) >= 11 is 1.46. The quantitative estimate of drug-likeness (QED) is 0.351. The Labute approximate surface area is 165 Å². The van der Waals surface area contributed by atoms with Gasteiger partial charge in [-0.2, -0.15) is 0 Å². The first-order valence-corrected chi connectivity index (χ1v) is 9.51. The molecule has 8 heteroatoms. The molecule has 3 aromatic heterocycles. The van der Waals surface area contributed by atoms with E-state index in [0.29, 0.717) is 28.3 Å². The van der Waals surface area contributed by atoms with Crippen LogP contribution in [0.25, 0.3) is 17.3 Å². The highest BCUT2D eigenvalue weighted by Crippen LogP contribution is 2.31. The second-order valence-electron chi connectivity index (χ2n) is 5.95. The Hall–Kier alpha value is -3.26. The summed E-state index contributed by atoms with van der Waals surface area (Å²) in [6.07, 6.45) is 1.61. The van der Waals surface area contributed by atoms with Gasteiger partial charge in [0.2, 0.25) is 11.6 Å². The molecular weight excluding hydrogens is 378 g/mol. The number of carbonyl (C=O) groups excluding carboxylic acids is 1. The molecule has 0 amide bonds. The molecule has 0 aliphatic heterocycles. The van der Waals surface area contributed by atoms with Crippen LogP contribution in [0.5, 0.6) is 0 Å². The SMILES string of the molecule is COC(=O)c1ccc(CSc2nnc(-c3ccco3)n2-c2ccccc2C)o1. The van der Waals surface area contributed by atoms with Gasteiger partial charge in [-0.25, -0.2) is 4.79 Å². The number of para-hydroxylation sites is 1. The van der Waals surface area contributed by atoms with E-state index in [1.165, 1.54) is 18.9 Å². The van der Waals surface area contributed by atoms with Crippen LogP contribution in [-0.4, -0.2) is 27.8 Å². The molecule has 28 heavy (non-hydrogen) atoms. The molecule has 0 unspecified atom stereocenters. The van der Waals surface area contributed by atoms with Crippen molar-refractivity contribution in [1.82, 2.24) is 14.8 Å². The molecule has 142 valence electrons. The fraction of sp³-hybridized carbons (Fsp3) is 0.150. The van der Waals surface area contributed by atoms with Crippen molar-refractivity contribution >= 4 is 17.7 Å². The lowest BCUT2D eigenvalue weighted by molar-refractivity contribution is 0.0563. The summed E-state index contributed by atoms with van der Waals surface area (Å²) in [6.45, 7) is 2.03. The largest absolute Gasteiger partial charge is 0.463 e. The molecule has 1 aromatic carbocycles. The second-order valence-corrected chi connectivity index (χ2v) is 6.89. The van der Waals surface area contributed by atoms with E-state index >= 15 is 0 Å². The van der Waals surface area contributed by atoms with Crippen LogP contribution in [0.1, 0.15) is 21.9 Å². The Morgan fingerprint density at radius 1 is 1.14 bits per heavy atom. The number of ether oxygens (including phenoxy) is 1. The van der Waals surface area contributed by atoms with Crippen LogP contribution < -0.4 is 0 Å². The molecule has 4 rings (SSSR count). The second kappa shape index (κ2) is 7.77. The number of aromatic nitrogens is 3. The monoisotopic (exact) mass is 395 g/mol. The molecule has 3 heterocycles. The maximum absolute atomic E-state index is 11.6. The van der Waals surface area contributed by atoms with E-state index in [1.807, 2.05) is 47.9 Å². The summed E-state index contributed by atoms with van der Waals surface area (Å²) in [7, 11) is 1.32. The number of aryl methyl sites for hydroxylation is 1. The van der Waals surface area contributed by atoms with Crippen LogP contribution in [0.3, 0.4) is 0 Å². The van der Waals surface area contributed by atoms with Crippen molar-refractivity contribution in [2.75, 3.05) is 7.11 Å². The molecule has 7 nitrogen and oxygen atoms in total. The van der Waals surface area contributed by atoms with Gasteiger partial charge in [0.25, 0.3) is 0 Å². The fourth-order valence-electron chi connectivity index (χ4n) is 2.76. The predicted octanol–water partition coefficient (Wildman–Crippen LogP) is 4.51. The Kier molecular flexibility index (Phi) is 5.03. The highest BCUT2D eigenvalue weighted by molar-refractivity contribution is 7.98. The molecule has 0 saturated carbocycles. The summed E-state index contributed by atoms with van der Waals surface area (Å²) < 4.78 is 17.7. The first kappa shape index (κ1) is 18.1. The van der Waals surface area contributed by atoms with Crippen molar-refractivity contribution in [2.45, 2.75) is 17.8 Å². The summed E-state index contributed by atoms with van der Waals surface area (Å²) in [5, 5.41) is 9.37. The van der Waals surface area contributed by atoms with Gasteiger partial charge >= 0.3 is 5.97 Å². The maximum atomic E-state index is 11.6. The molecular formula is C20H17N3O4S. The lowest BCUT2D eigenvalue weighted by Gasteiger charge is -2.11. The van der Waals surface area contributed by atoms with Crippen molar-refractivity contribution in [3.05, 3.63) is 71.9 Å². The number of carbonyl (C=O) groups is 1. The zero-order valence-corrected chi connectivity index (χ0v) is 16.1. The number of rotatable bonds is 6. The smallest absolute Gasteiger partial charge is 0.373 e. The minimum Gasteiger partial charge on any atom is -0.463 e. The van der Waals surface area contributed by atoms with Gasteiger partial charge in [0.1, 0.15) is 5.76 Å². The third-order valence-electron chi connectivity index (χ3n) is 4.12. The lowest BCUT2D eigenvalue weighted by Crippen LogP contribution is -2.01. The normalized spacial score (nSPS) is 10.9. The Bertz CT molecular complexity index is 1100. The number of esters is 1. The first-order chi connectivity index (χ1) is 13.7. The number of benzene rings is 1. The highest BCUT2D eigenvalue weighted by Gasteiger charge is 2.20. The van der Waals surface area contributed by atoms with Crippen molar-refractivity contribution in [2.24, 2.45) is 0 Å². The van der Waals surface area contributed by atoms with E-state index in [4.69, 9.17) is 8.83 Å². The van der Waals surface area contributed by atoms with Crippen molar-refractivity contribution in [1.29, 1.82) is 0 Å². The number of hydrogen-bond donors (Lipinski definition) is 0. The van der Waals surface area contributed by atoms with Crippen LogP contribution in [0, 0.1) is 6.92 Å². The Balaban J connectivity index is 1.67. The molecule has 0 aliphatic rings. The van der Waals surface area contributed by atoms with E-state index in [2.05, 4.69) is 14.9 Å². The standard InChI is InChI=1S/C20H17N3O4S/c1-13-6-3-4-7-15(13)23-18(16-8-5-11-26-16)21-22-20(23)28-12-14-9-10-17(27-14)19(24)25-2/h3-11H,12H2,1-2H3. The molecule has 0 fully saturated rings. The third-order valence-corrected chi connectivity index (χ3v) is 5.07. The van der Waals surface area contributed by atoms with E-state index in [9.17, 15) is 4.79 Å². The van der Waals surface area contributed by atoms with E-state index < -0.39 is 5.97 Å². The van der Waals surface area contributed by atoms with Gasteiger partial charge in [-0.1, -0.05) is 30.0 Å². The third kappa shape index (κ3) is 3.46. The predicted molar refractivity (Wildman–Crippen MR) is 103 cm³/mol. The van der Waals surface area contributed by atoms with Crippen molar-refractivity contribution in [3.63, 3.8) is 0 Å². The zero-order chi connectivity index (χ0) is 19.5. The average Bonchev–Trinajstić information content (AvgIpc) is 3.45. The zero-order valence-electron chi connectivity index (χ0n) is 15.3. The van der Waals surface area contributed by atoms with Gasteiger partial charge in [-0.15, -0.1) is 10.2 Å². The van der Waals surface area contributed by atoms with E-state index in [1.54, 1.807) is 18.4 Å². The molecule has 0 bridgehead atoms. The van der Waals surface area contributed by atoms with Crippen LogP contribution >= 0.6 is 11.8 Å². The van der Waals surface area contributed by atoms with Gasteiger partial charge in [0.15, 0.2) is 10.9 Å². The van der Waals surface area contributed by atoms with Crippen LogP contribution in [0.4, 0.5) is 0 Å². The van der Waals surface area contributed by atoms with Gasteiger partial charge in [-0.3, -0.25) is 4.57 Å². The lowest BCUT2D eigenvalue weighted by atomic mass is 10.2. The summed E-state index contributed by atoms with van der Waals surface area (Å²) in [6, 6.07) is 15.0. The maximum Gasteiger partial charge on any atom is 0.373 e. The molecule has 0 spiro atoms. The number of nitrogens with zero attached hydrogens (tertiary/aromatic N) is 3. The number of methoxy groups -OCH3 is 1. The molecule has 0 aliphatic carbocycles. The van der Waals surface area contributed by atoms with Crippen molar-refractivity contribution < 1.29 is 18.4 Å². The van der Waals surface area contributed by atoms with Gasteiger partial charge < -0.3 is 13.6 Å². The Morgan fingerprint density at radius 2 is 2.00 bits per heavy atom. The van der Waals surface area contributed by atoms with Gasteiger partial charge in [-0.05, 0) is 42.8 Å². The Morgan fingerprint density at radius 3 is 2.75 bits per heavy atom. The molecule has 0 radical (unpaired) electrons. The molecule has 0 atom stereocenters. The summed E-state index contributed by atoms with van der Waals surface area (Å²) in [4.78, 5) is 11.6. The number of hydrogen-bond acceptors (Lipinski definition) is 7. The molecule has 0 saturated heterocycles. The van der Waals surface area contributed by atoms with Crippen LogP contribution in [0.2, 0.25) is 0 Å². The topological polar surface area (TPSA) is 83.3 Å². The molecule has 4 aromatic rings. The number of thioether (sulfide) groups is 1. The first-order valence-electron chi connectivity index (χ1n) is 8.52. The average molecular weight is 395 g/mol. The number of furan rings is 2. The van der Waals surface area contributed by atoms with Crippen LogP contribution in [0.15, 0.2) is 68.8 Å². The van der Waals surface area contributed by atoms with Gasteiger partial charge in [0, 0.05) is 0 Å². The van der Waals surface area contributed by atoms with E-state index in [0.717, 1.165) is 11.3 Å². The fourth-order valence-corrected chi connectivity index (χ4v) is 3.60. The van der Waals surface area contributed by atoms with Crippen molar-refractivity contribution in [3.8, 4) is 17.3 Å². The van der Waals surface area contributed by atoms with E-state index in [-0.39, 0.29) is 5.76 Å². The summed E-state index contributed by atoms with van der Waals surface area (Å²) in [5.74, 6) is 2.06.